The third-order valence-corrected chi connectivity index (χ3v) is 3.03. The molecule has 4 heteroatoms. The molecule has 2 N–H and O–H groups in total. The van der Waals surface area contributed by atoms with Crippen molar-refractivity contribution in [3.63, 3.8) is 0 Å². The number of para-hydroxylation sites is 1. The van der Waals surface area contributed by atoms with Crippen molar-refractivity contribution in [1.82, 2.24) is 0 Å². The second kappa shape index (κ2) is 6.59. The van der Waals surface area contributed by atoms with Crippen molar-refractivity contribution in [2.75, 3.05) is 5.32 Å². The summed E-state index contributed by atoms with van der Waals surface area (Å²) in [7, 11) is 0. The number of aryl methyl sites for hydroxylation is 1. The number of hydrogen-bond acceptors (Lipinski definition) is 2. The van der Waals surface area contributed by atoms with E-state index in [2.05, 4.69) is 5.32 Å². The van der Waals surface area contributed by atoms with Gasteiger partial charge in [0, 0.05) is 5.69 Å². The first-order valence-electron chi connectivity index (χ1n) is 5.75. The molecule has 0 heterocycles. The number of nitrogens with one attached hydrogen (secondary N) is 1. The van der Waals surface area contributed by atoms with Crippen LogP contribution in [0.25, 0.3) is 0 Å². The number of aromatic carboxylic acids is 1. The lowest BCUT2D eigenvalue weighted by Gasteiger charge is -2.13. The van der Waals surface area contributed by atoms with Crippen molar-refractivity contribution < 1.29 is 9.90 Å². The van der Waals surface area contributed by atoms with Gasteiger partial charge >= 0.3 is 29.0 Å². The highest BCUT2D eigenvalue weighted by Gasteiger charge is 2.10. The van der Waals surface area contributed by atoms with Gasteiger partial charge in [-0.1, -0.05) is 24.3 Å². The van der Waals surface area contributed by atoms with Crippen molar-refractivity contribution in [2.45, 2.75) is 13.8 Å². The van der Waals surface area contributed by atoms with E-state index in [0.717, 1.165) is 11.3 Å². The number of benzene rings is 2. The van der Waals surface area contributed by atoms with Gasteiger partial charge in [-0.2, -0.15) is 0 Å². The number of anilines is 2. The Labute approximate surface area is 128 Å². The Bertz CT molecular complexity index is 596. The van der Waals surface area contributed by atoms with Crippen molar-refractivity contribution >= 4 is 40.4 Å². The zero-order valence-corrected chi connectivity index (χ0v) is 10.4. The molecule has 2 aromatic rings. The SMILES string of the molecule is Cc1cccc(Nc2ccccc2C(=O)O)c1C.[MgH2]. The van der Waals surface area contributed by atoms with Gasteiger partial charge in [-0.25, -0.2) is 4.79 Å². The van der Waals surface area contributed by atoms with Crippen molar-refractivity contribution in [3.8, 4) is 0 Å². The summed E-state index contributed by atoms with van der Waals surface area (Å²) in [5.74, 6) is -0.927. The molecule has 0 spiro atoms. The quantitative estimate of drug-likeness (QED) is 0.841. The maximum absolute atomic E-state index is 11.1. The van der Waals surface area contributed by atoms with Crippen LogP contribution in [0, 0.1) is 13.8 Å². The third-order valence-electron chi connectivity index (χ3n) is 3.03. The van der Waals surface area contributed by atoms with Gasteiger partial charge in [0.15, 0.2) is 0 Å². The smallest absolute Gasteiger partial charge is 0.337 e. The minimum Gasteiger partial charge on any atom is -0.478 e. The van der Waals surface area contributed by atoms with E-state index in [4.69, 9.17) is 5.11 Å². The number of carboxylic acid groups (broad SMARTS) is 1. The molecule has 0 saturated heterocycles. The Morgan fingerprint density at radius 3 is 2.32 bits per heavy atom. The molecular formula is C15H17MgNO2. The minimum atomic E-state index is -0.927. The maximum atomic E-state index is 11.1. The fourth-order valence-electron chi connectivity index (χ4n) is 1.81. The highest BCUT2D eigenvalue weighted by molar-refractivity contribution is 5.95. The van der Waals surface area contributed by atoms with Gasteiger partial charge in [0.25, 0.3) is 0 Å². The summed E-state index contributed by atoms with van der Waals surface area (Å²) >= 11 is 0. The molecule has 3 nitrogen and oxygen atoms in total. The van der Waals surface area contributed by atoms with Crippen LogP contribution in [0.2, 0.25) is 0 Å². The maximum Gasteiger partial charge on any atom is 0.337 e. The Morgan fingerprint density at radius 2 is 1.63 bits per heavy atom. The number of carboxylic acids is 1. The average Bonchev–Trinajstić information content (AvgIpc) is 2.35. The van der Waals surface area contributed by atoms with Gasteiger partial charge in [0.1, 0.15) is 0 Å². The zero-order valence-electron chi connectivity index (χ0n) is 10.4. The summed E-state index contributed by atoms with van der Waals surface area (Å²) in [4.78, 5) is 11.1. The molecule has 2 rings (SSSR count). The van der Waals surface area contributed by atoms with E-state index < -0.39 is 5.97 Å². The average molecular weight is 268 g/mol. The van der Waals surface area contributed by atoms with E-state index in [-0.39, 0.29) is 28.6 Å². The van der Waals surface area contributed by atoms with Gasteiger partial charge < -0.3 is 10.4 Å². The molecule has 0 amide bonds. The molecule has 19 heavy (non-hydrogen) atoms. The summed E-state index contributed by atoms with van der Waals surface area (Å²) < 4.78 is 0. The van der Waals surface area contributed by atoms with Gasteiger partial charge in [-0.15, -0.1) is 0 Å². The second-order valence-corrected chi connectivity index (χ2v) is 4.22. The normalized spacial score (nSPS) is 9.58. The van der Waals surface area contributed by atoms with E-state index in [9.17, 15) is 4.79 Å². The fourth-order valence-corrected chi connectivity index (χ4v) is 1.81. The molecule has 2 aromatic carbocycles. The van der Waals surface area contributed by atoms with Crippen LogP contribution in [0.5, 0.6) is 0 Å². The molecule has 0 aliphatic rings. The first kappa shape index (κ1) is 15.5. The summed E-state index contributed by atoms with van der Waals surface area (Å²) in [6, 6.07) is 12.8. The highest BCUT2D eigenvalue weighted by Crippen LogP contribution is 2.25. The standard InChI is InChI=1S/C15H15NO2.Mg.2H/c1-10-6-5-9-13(11(10)2)16-14-8-4-3-7-12(14)15(17)18;;;/h3-9,16H,1-2H3,(H,17,18);;;. The molecule has 0 atom stereocenters. The Morgan fingerprint density at radius 1 is 1.00 bits per heavy atom. The molecular weight excluding hydrogens is 250 g/mol. The molecule has 0 aromatic heterocycles. The van der Waals surface area contributed by atoms with Gasteiger partial charge in [0.2, 0.25) is 0 Å². The molecule has 0 saturated carbocycles. The number of rotatable bonds is 3. The molecule has 0 unspecified atom stereocenters. The first-order chi connectivity index (χ1) is 8.59. The van der Waals surface area contributed by atoms with E-state index in [0.29, 0.717) is 5.69 Å². The summed E-state index contributed by atoms with van der Waals surface area (Å²) in [6.45, 7) is 4.05. The molecule has 0 aliphatic carbocycles. The van der Waals surface area contributed by atoms with Crippen LogP contribution in [0.3, 0.4) is 0 Å². The van der Waals surface area contributed by atoms with Gasteiger partial charge in [-0.3, -0.25) is 0 Å². The van der Waals surface area contributed by atoms with Crippen LogP contribution < -0.4 is 5.32 Å². The van der Waals surface area contributed by atoms with Crippen molar-refractivity contribution in [1.29, 1.82) is 0 Å². The highest BCUT2D eigenvalue weighted by atomic mass is 24.3. The Balaban J connectivity index is 0.00000180. The lowest BCUT2D eigenvalue weighted by molar-refractivity contribution is 0.0698. The lowest BCUT2D eigenvalue weighted by atomic mass is 10.1. The number of hydrogen-bond donors (Lipinski definition) is 2. The van der Waals surface area contributed by atoms with Crippen molar-refractivity contribution in [3.05, 3.63) is 59.2 Å². The number of carbonyl (C=O) groups is 1. The topological polar surface area (TPSA) is 49.3 Å². The summed E-state index contributed by atoms with van der Waals surface area (Å²) in [5, 5.41) is 12.3. The fraction of sp³-hybridized carbons (Fsp3) is 0.133. The van der Waals surface area contributed by atoms with Crippen molar-refractivity contribution in [2.24, 2.45) is 0 Å². The molecule has 0 fully saturated rings. The van der Waals surface area contributed by atoms with E-state index in [1.807, 2.05) is 38.1 Å². The molecule has 0 aliphatic heterocycles. The van der Waals surface area contributed by atoms with Gasteiger partial charge in [-0.05, 0) is 43.2 Å². The van der Waals surface area contributed by atoms with Gasteiger partial charge in [0.05, 0.1) is 11.3 Å². The van der Waals surface area contributed by atoms with E-state index >= 15 is 0 Å². The first-order valence-corrected chi connectivity index (χ1v) is 5.75. The van der Waals surface area contributed by atoms with Crippen LogP contribution in [-0.4, -0.2) is 34.1 Å². The van der Waals surface area contributed by atoms with Crippen LogP contribution >= 0.6 is 0 Å². The van der Waals surface area contributed by atoms with Crippen LogP contribution in [-0.2, 0) is 0 Å². The molecule has 96 valence electrons. The minimum absolute atomic E-state index is 0. The predicted octanol–water partition coefficient (Wildman–Crippen LogP) is 2.83. The second-order valence-electron chi connectivity index (χ2n) is 4.22. The predicted molar refractivity (Wildman–Crippen MR) is 81.1 cm³/mol. The van der Waals surface area contributed by atoms with E-state index in [1.54, 1.807) is 18.2 Å². The molecule has 0 radical (unpaired) electrons. The Kier molecular flexibility index (Phi) is 5.39. The lowest BCUT2D eigenvalue weighted by Crippen LogP contribution is -2.03. The monoisotopic (exact) mass is 267 g/mol. The van der Waals surface area contributed by atoms with Crippen LogP contribution in [0.1, 0.15) is 21.5 Å². The van der Waals surface area contributed by atoms with Crippen LogP contribution in [0.15, 0.2) is 42.5 Å². The Hall–Kier alpha value is -1.52. The summed E-state index contributed by atoms with van der Waals surface area (Å²) in [6.07, 6.45) is 0. The largest absolute Gasteiger partial charge is 0.478 e. The molecule has 0 bridgehead atoms. The third kappa shape index (κ3) is 3.49. The summed E-state index contributed by atoms with van der Waals surface area (Å²) in [5.41, 5.74) is 4.12. The van der Waals surface area contributed by atoms with Crippen LogP contribution in [0.4, 0.5) is 11.4 Å². The zero-order chi connectivity index (χ0) is 13.1. The van der Waals surface area contributed by atoms with E-state index in [1.165, 1.54) is 5.56 Å².